The van der Waals surface area contributed by atoms with Crippen LogP contribution in [0.3, 0.4) is 0 Å². The number of carboxylic acids is 1. The normalized spacial score (nSPS) is 9.91. The average Bonchev–Trinajstić information content (AvgIpc) is 2.36. The first-order valence-corrected chi connectivity index (χ1v) is 3.07. The summed E-state index contributed by atoms with van der Waals surface area (Å²) in [6.45, 7) is -0.614. The maximum absolute atomic E-state index is 11.7. The molecule has 1 aromatic rings. The highest BCUT2D eigenvalue weighted by Crippen LogP contribution is 1.97. The fraction of sp³-hybridized carbons (Fsp3) is 0.333. The van der Waals surface area contributed by atoms with Crippen molar-refractivity contribution >= 4 is 5.97 Å². The number of carboxylic acid groups (broad SMARTS) is 1. The minimum Gasteiger partial charge on any atom is -0.477 e. The van der Waals surface area contributed by atoms with Gasteiger partial charge in [0.05, 0.1) is 6.54 Å². The Kier molecular flexibility index (Phi) is 2.20. The molecule has 0 saturated carbocycles. The molecule has 0 spiro atoms. The molecule has 0 amide bonds. The van der Waals surface area contributed by atoms with Gasteiger partial charge >= 0.3 is 5.97 Å². The number of nitrogens with zero attached hydrogens (tertiary/aromatic N) is 2. The molecule has 1 heterocycles. The van der Waals surface area contributed by atoms with E-state index in [9.17, 15) is 9.18 Å². The van der Waals surface area contributed by atoms with Crippen LogP contribution in [0.4, 0.5) is 4.39 Å². The van der Waals surface area contributed by atoms with Gasteiger partial charge in [0.25, 0.3) is 0 Å². The van der Waals surface area contributed by atoms with E-state index in [1.165, 1.54) is 12.3 Å². The van der Waals surface area contributed by atoms with Crippen LogP contribution >= 0.6 is 0 Å². The van der Waals surface area contributed by atoms with E-state index in [2.05, 4.69) is 5.10 Å². The minimum atomic E-state index is -1.09. The maximum Gasteiger partial charge on any atom is 0.354 e. The van der Waals surface area contributed by atoms with Gasteiger partial charge in [-0.2, -0.15) is 5.10 Å². The number of alkyl halides is 1. The zero-order chi connectivity index (χ0) is 8.27. The van der Waals surface area contributed by atoms with Gasteiger partial charge in [0.2, 0.25) is 0 Å². The molecule has 0 unspecified atom stereocenters. The van der Waals surface area contributed by atoms with Gasteiger partial charge in [-0.3, -0.25) is 4.68 Å². The van der Waals surface area contributed by atoms with Crippen LogP contribution in [-0.2, 0) is 6.54 Å². The fourth-order valence-electron chi connectivity index (χ4n) is 0.773. The van der Waals surface area contributed by atoms with Crippen molar-refractivity contribution in [2.24, 2.45) is 0 Å². The summed E-state index contributed by atoms with van der Waals surface area (Å²) < 4.78 is 12.9. The quantitative estimate of drug-likeness (QED) is 0.698. The van der Waals surface area contributed by atoms with Gasteiger partial charge < -0.3 is 5.11 Å². The highest BCUT2D eigenvalue weighted by atomic mass is 19.1. The van der Waals surface area contributed by atoms with E-state index >= 15 is 0 Å². The molecule has 60 valence electrons. The lowest BCUT2D eigenvalue weighted by Crippen LogP contribution is -2.10. The van der Waals surface area contributed by atoms with Crippen LogP contribution in [-0.4, -0.2) is 27.5 Å². The molecule has 0 aliphatic heterocycles. The SMILES string of the molecule is O=C(O)c1ccnn1CCF. The van der Waals surface area contributed by atoms with E-state index in [4.69, 9.17) is 5.11 Å². The van der Waals surface area contributed by atoms with E-state index in [1.54, 1.807) is 0 Å². The van der Waals surface area contributed by atoms with E-state index in [-0.39, 0.29) is 12.2 Å². The fourth-order valence-corrected chi connectivity index (χ4v) is 0.773. The van der Waals surface area contributed by atoms with Crippen molar-refractivity contribution in [1.29, 1.82) is 0 Å². The number of hydrogen-bond donors (Lipinski definition) is 1. The van der Waals surface area contributed by atoms with Crippen molar-refractivity contribution in [2.45, 2.75) is 6.54 Å². The summed E-state index contributed by atoms with van der Waals surface area (Å²) in [5.74, 6) is -1.09. The molecule has 0 aromatic carbocycles. The van der Waals surface area contributed by atoms with Crippen molar-refractivity contribution in [1.82, 2.24) is 9.78 Å². The molecule has 0 aliphatic rings. The summed E-state index contributed by atoms with van der Waals surface area (Å²) in [7, 11) is 0. The van der Waals surface area contributed by atoms with E-state index in [1.807, 2.05) is 0 Å². The van der Waals surface area contributed by atoms with Crippen LogP contribution < -0.4 is 0 Å². The summed E-state index contributed by atoms with van der Waals surface area (Å²) in [4.78, 5) is 10.4. The van der Waals surface area contributed by atoms with E-state index < -0.39 is 12.6 Å². The topological polar surface area (TPSA) is 55.1 Å². The summed E-state index contributed by atoms with van der Waals surface area (Å²) in [5.41, 5.74) is 0.0163. The molecule has 0 aliphatic carbocycles. The molecule has 0 bridgehead atoms. The molecular formula is C6H7FN2O2. The molecule has 1 aromatic heterocycles. The molecule has 5 heteroatoms. The lowest BCUT2D eigenvalue weighted by molar-refractivity contribution is 0.0682. The lowest BCUT2D eigenvalue weighted by atomic mass is 10.4. The first-order valence-electron chi connectivity index (χ1n) is 3.07. The summed E-state index contributed by atoms with van der Waals surface area (Å²) in [5, 5.41) is 12.1. The van der Waals surface area contributed by atoms with Crippen LogP contribution in [0.15, 0.2) is 12.3 Å². The molecule has 0 saturated heterocycles. The third kappa shape index (κ3) is 1.54. The Hall–Kier alpha value is -1.39. The highest BCUT2D eigenvalue weighted by Gasteiger charge is 2.08. The van der Waals surface area contributed by atoms with Crippen molar-refractivity contribution in [3.05, 3.63) is 18.0 Å². The average molecular weight is 158 g/mol. The van der Waals surface area contributed by atoms with Gasteiger partial charge in [-0.15, -0.1) is 0 Å². The van der Waals surface area contributed by atoms with Crippen molar-refractivity contribution in [3.8, 4) is 0 Å². The molecule has 0 fully saturated rings. The molecular weight excluding hydrogens is 151 g/mol. The highest BCUT2D eigenvalue weighted by molar-refractivity contribution is 5.85. The molecule has 0 radical (unpaired) electrons. The number of aromatic carboxylic acids is 1. The molecule has 1 N–H and O–H groups in total. The Morgan fingerprint density at radius 3 is 3.09 bits per heavy atom. The van der Waals surface area contributed by atoms with Gasteiger partial charge in [0.1, 0.15) is 12.4 Å². The monoisotopic (exact) mass is 158 g/mol. The van der Waals surface area contributed by atoms with Crippen LogP contribution in [0.5, 0.6) is 0 Å². The Morgan fingerprint density at radius 2 is 2.55 bits per heavy atom. The Labute approximate surface area is 62.3 Å². The van der Waals surface area contributed by atoms with Gasteiger partial charge in [0, 0.05) is 6.20 Å². The summed E-state index contributed by atoms with van der Waals surface area (Å²) in [6.07, 6.45) is 1.33. The maximum atomic E-state index is 11.7. The van der Waals surface area contributed by atoms with Crippen LogP contribution in [0.2, 0.25) is 0 Å². The second kappa shape index (κ2) is 3.14. The number of hydrogen-bond acceptors (Lipinski definition) is 2. The number of halogens is 1. The number of aryl methyl sites for hydroxylation is 1. The number of carbonyl (C=O) groups is 1. The first kappa shape index (κ1) is 7.71. The predicted molar refractivity (Wildman–Crippen MR) is 35.2 cm³/mol. The van der Waals surface area contributed by atoms with Crippen LogP contribution in [0.25, 0.3) is 0 Å². The van der Waals surface area contributed by atoms with E-state index in [0.29, 0.717) is 0 Å². The van der Waals surface area contributed by atoms with Crippen LogP contribution in [0, 0.1) is 0 Å². The van der Waals surface area contributed by atoms with Gasteiger partial charge in [-0.25, -0.2) is 9.18 Å². The molecule has 1 rings (SSSR count). The Bertz CT molecular complexity index is 259. The standard InChI is InChI=1S/C6H7FN2O2/c7-2-4-9-5(6(10)11)1-3-8-9/h1,3H,2,4H2,(H,10,11). The third-order valence-electron chi connectivity index (χ3n) is 1.23. The largest absolute Gasteiger partial charge is 0.477 e. The first-order chi connectivity index (χ1) is 5.25. The van der Waals surface area contributed by atoms with Gasteiger partial charge in [-0.05, 0) is 6.07 Å². The Morgan fingerprint density at radius 1 is 1.82 bits per heavy atom. The van der Waals surface area contributed by atoms with Crippen molar-refractivity contribution < 1.29 is 14.3 Å². The number of aromatic nitrogens is 2. The summed E-state index contributed by atoms with van der Waals surface area (Å²) >= 11 is 0. The number of rotatable bonds is 3. The van der Waals surface area contributed by atoms with Crippen molar-refractivity contribution in [3.63, 3.8) is 0 Å². The molecule has 0 atom stereocenters. The molecule has 4 nitrogen and oxygen atoms in total. The second-order valence-corrected chi connectivity index (χ2v) is 1.93. The second-order valence-electron chi connectivity index (χ2n) is 1.93. The summed E-state index contributed by atoms with van der Waals surface area (Å²) in [6, 6.07) is 1.33. The van der Waals surface area contributed by atoms with Crippen molar-refractivity contribution in [2.75, 3.05) is 6.67 Å². The predicted octanol–water partition coefficient (Wildman–Crippen LogP) is 0.551. The zero-order valence-corrected chi connectivity index (χ0v) is 5.70. The minimum absolute atomic E-state index is 0.00532. The Balaban J connectivity index is 2.87. The van der Waals surface area contributed by atoms with Gasteiger partial charge in [-0.1, -0.05) is 0 Å². The zero-order valence-electron chi connectivity index (χ0n) is 5.70. The molecule has 11 heavy (non-hydrogen) atoms. The third-order valence-corrected chi connectivity index (χ3v) is 1.23. The van der Waals surface area contributed by atoms with Gasteiger partial charge in [0.15, 0.2) is 0 Å². The van der Waals surface area contributed by atoms with E-state index in [0.717, 1.165) is 4.68 Å². The van der Waals surface area contributed by atoms with Crippen LogP contribution in [0.1, 0.15) is 10.5 Å². The smallest absolute Gasteiger partial charge is 0.354 e. The lowest BCUT2D eigenvalue weighted by Gasteiger charge is -1.98.